The highest BCUT2D eigenvalue weighted by molar-refractivity contribution is 5.81. The van der Waals surface area contributed by atoms with Crippen LogP contribution in [0.5, 0.6) is 5.75 Å². The van der Waals surface area contributed by atoms with Gasteiger partial charge in [-0.1, -0.05) is 0 Å². The third-order valence-electron chi connectivity index (χ3n) is 2.36. The summed E-state index contributed by atoms with van der Waals surface area (Å²) in [4.78, 5) is 23.7. The standard InChI is InChI=1S/C11H10N6O4/c1-21-9-3-2-7(4-8(9)17(19)20)5-12-15-11-14-10(18)6-13-16-11/h2-6H,1H3,(H2,14,15,16,18)/b12-5+. The van der Waals surface area contributed by atoms with Gasteiger partial charge in [0.2, 0.25) is 5.95 Å². The smallest absolute Gasteiger partial charge is 0.311 e. The predicted molar refractivity (Wildman–Crippen MR) is 73.5 cm³/mol. The normalized spacial score (nSPS) is 10.5. The molecule has 0 fully saturated rings. The van der Waals surface area contributed by atoms with Gasteiger partial charge in [0.05, 0.1) is 18.2 Å². The number of nitro groups is 1. The fraction of sp³-hybridized carbons (Fsp3) is 0.0909. The molecule has 0 radical (unpaired) electrons. The molecule has 2 aromatic rings. The Kier molecular flexibility index (Phi) is 4.19. The molecule has 108 valence electrons. The fourth-order valence-corrected chi connectivity index (χ4v) is 1.46. The van der Waals surface area contributed by atoms with Gasteiger partial charge in [0.25, 0.3) is 5.56 Å². The molecule has 0 aliphatic rings. The van der Waals surface area contributed by atoms with E-state index in [0.29, 0.717) is 5.56 Å². The summed E-state index contributed by atoms with van der Waals surface area (Å²) in [6.45, 7) is 0. The number of nitrogens with one attached hydrogen (secondary N) is 2. The van der Waals surface area contributed by atoms with Crippen LogP contribution in [0.3, 0.4) is 0 Å². The van der Waals surface area contributed by atoms with Crippen LogP contribution in [-0.4, -0.2) is 33.4 Å². The summed E-state index contributed by atoms with van der Waals surface area (Å²) in [5.41, 5.74) is 2.32. The van der Waals surface area contributed by atoms with Crippen molar-refractivity contribution in [1.29, 1.82) is 0 Å². The number of nitrogens with zero attached hydrogens (tertiary/aromatic N) is 4. The van der Waals surface area contributed by atoms with Crippen molar-refractivity contribution in [3.05, 3.63) is 50.4 Å². The first-order chi connectivity index (χ1) is 10.1. The highest BCUT2D eigenvalue weighted by Gasteiger charge is 2.14. The van der Waals surface area contributed by atoms with Gasteiger partial charge in [0.1, 0.15) is 6.20 Å². The first kappa shape index (κ1) is 14.1. The monoisotopic (exact) mass is 290 g/mol. The third kappa shape index (κ3) is 3.59. The van der Waals surface area contributed by atoms with Crippen LogP contribution in [0, 0.1) is 10.1 Å². The van der Waals surface area contributed by atoms with Crippen molar-refractivity contribution in [1.82, 2.24) is 15.2 Å². The Balaban J connectivity index is 2.16. The van der Waals surface area contributed by atoms with Gasteiger partial charge in [-0.05, 0) is 12.1 Å². The Morgan fingerprint density at radius 2 is 2.33 bits per heavy atom. The van der Waals surface area contributed by atoms with Gasteiger partial charge in [-0.2, -0.15) is 5.10 Å². The number of hydrogen-bond donors (Lipinski definition) is 2. The molecule has 2 rings (SSSR count). The number of hydrogen-bond acceptors (Lipinski definition) is 8. The zero-order valence-electron chi connectivity index (χ0n) is 10.8. The molecule has 0 amide bonds. The second-order valence-corrected chi connectivity index (χ2v) is 3.74. The van der Waals surface area contributed by atoms with E-state index in [4.69, 9.17) is 4.74 Å². The van der Waals surface area contributed by atoms with E-state index in [9.17, 15) is 14.9 Å². The second kappa shape index (κ2) is 6.23. The van der Waals surface area contributed by atoms with Gasteiger partial charge in [-0.3, -0.25) is 19.9 Å². The Hall–Kier alpha value is -3.30. The zero-order chi connectivity index (χ0) is 15.2. The topological polar surface area (TPSA) is 135 Å². The van der Waals surface area contributed by atoms with Gasteiger partial charge in [-0.25, -0.2) is 5.43 Å². The molecule has 1 aromatic heterocycles. The Bertz CT molecular complexity index is 741. The van der Waals surface area contributed by atoms with Crippen molar-refractivity contribution in [3.8, 4) is 5.75 Å². The number of nitro benzene ring substituents is 1. The molecule has 2 N–H and O–H groups in total. The lowest BCUT2D eigenvalue weighted by molar-refractivity contribution is -0.385. The number of aromatic nitrogens is 3. The average molecular weight is 290 g/mol. The molecule has 0 aliphatic heterocycles. The van der Waals surface area contributed by atoms with Crippen LogP contribution in [0.25, 0.3) is 0 Å². The van der Waals surface area contributed by atoms with E-state index >= 15 is 0 Å². The molecule has 0 atom stereocenters. The highest BCUT2D eigenvalue weighted by Crippen LogP contribution is 2.26. The maximum Gasteiger partial charge on any atom is 0.311 e. The Morgan fingerprint density at radius 1 is 1.52 bits per heavy atom. The number of rotatable bonds is 5. The summed E-state index contributed by atoms with van der Waals surface area (Å²) in [7, 11) is 1.35. The van der Waals surface area contributed by atoms with Crippen LogP contribution in [0.4, 0.5) is 11.6 Å². The lowest BCUT2D eigenvalue weighted by Gasteiger charge is -2.02. The molecule has 1 heterocycles. The number of aromatic amines is 1. The molecule has 0 unspecified atom stereocenters. The number of hydrazone groups is 1. The van der Waals surface area contributed by atoms with E-state index in [0.717, 1.165) is 6.20 Å². The van der Waals surface area contributed by atoms with Gasteiger partial charge in [-0.15, -0.1) is 10.2 Å². The minimum absolute atomic E-state index is 0.0572. The predicted octanol–water partition coefficient (Wildman–Crippen LogP) is 0.528. The van der Waals surface area contributed by atoms with Gasteiger partial charge < -0.3 is 4.74 Å². The van der Waals surface area contributed by atoms with Crippen molar-refractivity contribution in [2.24, 2.45) is 5.10 Å². The molecular weight excluding hydrogens is 280 g/mol. The molecule has 10 nitrogen and oxygen atoms in total. The first-order valence-corrected chi connectivity index (χ1v) is 5.63. The molecule has 0 saturated carbocycles. The molecule has 21 heavy (non-hydrogen) atoms. The number of benzene rings is 1. The summed E-state index contributed by atoms with van der Waals surface area (Å²) < 4.78 is 4.89. The number of H-pyrrole nitrogens is 1. The molecule has 0 spiro atoms. The average Bonchev–Trinajstić information content (AvgIpc) is 2.47. The molecule has 0 saturated heterocycles. The van der Waals surface area contributed by atoms with Crippen LogP contribution in [0.2, 0.25) is 0 Å². The molecular formula is C11H10N6O4. The summed E-state index contributed by atoms with van der Waals surface area (Å²) in [5, 5.41) is 21.7. The summed E-state index contributed by atoms with van der Waals surface area (Å²) in [5.74, 6) is 0.213. The van der Waals surface area contributed by atoms with E-state index in [-0.39, 0.29) is 17.4 Å². The Labute approximate surface area is 117 Å². The number of anilines is 1. The van der Waals surface area contributed by atoms with E-state index in [1.54, 1.807) is 6.07 Å². The summed E-state index contributed by atoms with van der Waals surface area (Å²) >= 11 is 0. The van der Waals surface area contributed by atoms with E-state index in [1.807, 2.05) is 0 Å². The first-order valence-electron chi connectivity index (χ1n) is 5.63. The SMILES string of the molecule is COc1ccc(/C=N/Nc2nncc(=O)[nH]2)cc1[N+](=O)[O-]. The van der Waals surface area contributed by atoms with E-state index in [2.05, 4.69) is 25.7 Å². The van der Waals surface area contributed by atoms with Crippen molar-refractivity contribution in [2.75, 3.05) is 12.5 Å². The van der Waals surface area contributed by atoms with Crippen LogP contribution < -0.4 is 15.7 Å². The number of ether oxygens (including phenoxy) is 1. The Morgan fingerprint density at radius 3 is 3.00 bits per heavy atom. The van der Waals surface area contributed by atoms with Crippen molar-refractivity contribution >= 4 is 17.9 Å². The zero-order valence-corrected chi connectivity index (χ0v) is 10.8. The van der Waals surface area contributed by atoms with Crippen molar-refractivity contribution in [2.45, 2.75) is 0 Å². The minimum Gasteiger partial charge on any atom is -0.490 e. The molecule has 10 heteroatoms. The van der Waals surface area contributed by atoms with Crippen LogP contribution in [0.1, 0.15) is 5.56 Å². The third-order valence-corrected chi connectivity index (χ3v) is 2.36. The summed E-state index contributed by atoms with van der Waals surface area (Å²) in [6, 6.07) is 4.36. The largest absolute Gasteiger partial charge is 0.490 e. The molecule has 0 bridgehead atoms. The van der Waals surface area contributed by atoms with E-state index < -0.39 is 10.5 Å². The van der Waals surface area contributed by atoms with Gasteiger partial charge in [0, 0.05) is 11.6 Å². The van der Waals surface area contributed by atoms with Crippen molar-refractivity contribution in [3.63, 3.8) is 0 Å². The van der Waals surface area contributed by atoms with Crippen LogP contribution >= 0.6 is 0 Å². The fourth-order valence-electron chi connectivity index (χ4n) is 1.46. The quantitative estimate of drug-likeness (QED) is 0.465. The maximum atomic E-state index is 11.0. The summed E-state index contributed by atoms with van der Waals surface area (Å²) in [6.07, 6.45) is 2.35. The highest BCUT2D eigenvalue weighted by atomic mass is 16.6. The lowest BCUT2D eigenvalue weighted by atomic mass is 10.2. The minimum atomic E-state index is -0.552. The van der Waals surface area contributed by atoms with Gasteiger partial charge in [0.15, 0.2) is 5.75 Å². The van der Waals surface area contributed by atoms with Crippen molar-refractivity contribution < 1.29 is 9.66 Å². The van der Waals surface area contributed by atoms with E-state index in [1.165, 1.54) is 25.5 Å². The maximum absolute atomic E-state index is 11.0. The molecule has 1 aromatic carbocycles. The number of methoxy groups -OCH3 is 1. The lowest BCUT2D eigenvalue weighted by Crippen LogP contribution is -2.10. The van der Waals surface area contributed by atoms with Gasteiger partial charge >= 0.3 is 5.69 Å². The van der Waals surface area contributed by atoms with Crippen LogP contribution in [-0.2, 0) is 0 Å². The second-order valence-electron chi connectivity index (χ2n) is 3.74. The molecule has 0 aliphatic carbocycles. The van der Waals surface area contributed by atoms with Crippen LogP contribution in [0.15, 0.2) is 34.3 Å².